The zero-order valence-electron chi connectivity index (χ0n) is 14.8. The molecule has 0 saturated carbocycles. The second-order valence-electron chi connectivity index (χ2n) is 6.02. The summed E-state index contributed by atoms with van der Waals surface area (Å²) in [5.41, 5.74) is 2.84. The van der Waals surface area contributed by atoms with Gasteiger partial charge in [-0.15, -0.1) is 0 Å². The summed E-state index contributed by atoms with van der Waals surface area (Å²) < 4.78 is 34.7. The molecular formula is C19H20ClN3O3S. The average molecular weight is 406 g/mol. The lowest BCUT2D eigenvalue weighted by atomic mass is 10.1. The highest BCUT2D eigenvalue weighted by Gasteiger charge is 2.22. The minimum Gasteiger partial charge on any atom is -0.372 e. The van der Waals surface area contributed by atoms with E-state index in [1.807, 2.05) is 54.6 Å². The third kappa shape index (κ3) is 4.95. The molecule has 3 aromatic rings. The minimum atomic E-state index is -3.80. The van der Waals surface area contributed by atoms with Crippen LogP contribution in [0.3, 0.4) is 0 Å². The summed E-state index contributed by atoms with van der Waals surface area (Å²) in [4.78, 5) is 3.86. The normalized spacial score (nSPS) is 11.6. The van der Waals surface area contributed by atoms with Crippen molar-refractivity contribution >= 4 is 21.6 Å². The molecular weight excluding hydrogens is 386 g/mol. The van der Waals surface area contributed by atoms with Crippen LogP contribution in [-0.2, 0) is 41.6 Å². The molecule has 0 bridgehead atoms. The first-order valence-electron chi connectivity index (χ1n) is 8.32. The van der Waals surface area contributed by atoms with Crippen LogP contribution in [0, 0.1) is 0 Å². The Morgan fingerprint density at radius 1 is 1.04 bits per heavy atom. The second kappa shape index (κ2) is 8.67. The van der Waals surface area contributed by atoms with Gasteiger partial charge < -0.3 is 9.30 Å². The Bertz CT molecular complexity index is 1000. The van der Waals surface area contributed by atoms with Gasteiger partial charge in [0.1, 0.15) is 5.15 Å². The number of rotatable bonds is 8. The van der Waals surface area contributed by atoms with Crippen molar-refractivity contribution in [3.05, 3.63) is 82.8 Å². The fraction of sp³-hybridized carbons (Fsp3) is 0.211. The van der Waals surface area contributed by atoms with Crippen molar-refractivity contribution in [1.82, 2.24) is 14.3 Å². The van der Waals surface area contributed by atoms with E-state index in [9.17, 15) is 8.42 Å². The molecule has 1 aromatic heterocycles. The lowest BCUT2D eigenvalue weighted by Crippen LogP contribution is -2.24. The van der Waals surface area contributed by atoms with Crippen molar-refractivity contribution in [3.63, 3.8) is 0 Å². The van der Waals surface area contributed by atoms with Crippen LogP contribution in [0.15, 0.2) is 66.0 Å². The molecule has 3 rings (SSSR count). The maximum absolute atomic E-state index is 12.4. The van der Waals surface area contributed by atoms with Crippen molar-refractivity contribution < 1.29 is 13.2 Å². The van der Waals surface area contributed by atoms with E-state index < -0.39 is 10.0 Å². The van der Waals surface area contributed by atoms with Crippen molar-refractivity contribution in [2.75, 3.05) is 0 Å². The minimum absolute atomic E-state index is 0.0713. The van der Waals surface area contributed by atoms with E-state index in [2.05, 4.69) is 9.71 Å². The van der Waals surface area contributed by atoms with Crippen molar-refractivity contribution in [1.29, 1.82) is 0 Å². The van der Waals surface area contributed by atoms with E-state index in [-0.39, 0.29) is 16.7 Å². The maximum atomic E-state index is 12.4. The first-order valence-corrected chi connectivity index (χ1v) is 10.2. The first-order chi connectivity index (χ1) is 13.0. The fourth-order valence-corrected chi connectivity index (χ4v) is 3.97. The number of nitrogens with one attached hydrogen (secondary N) is 1. The number of benzene rings is 2. The molecule has 6 nitrogen and oxygen atoms in total. The Morgan fingerprint density at radius 3 is 2.37 bits per heavy atom. The zero-order chi connectivity index (χ0) is 19.3. The summed E-state index contributed by atoms with van der Waals surface area (Å²) in [6, 6.07) is 17.4. The van der Waals surface area contributed by atoms with Crippen LogP contribution >= 0.6 is 11.6 Å². The number of sulfonamides is 1. The lowest BCUT2D eigenvalue weighted by molar-refractivity contribution is 0.106. The molecule has 1 N–H and O–H groups in total. The summed E-state index contributed by atoms with van der Waals surface area (Å²) in [5.74, 6) is 0. The van der Waals surface area contributed by atoms with Crippen LogP contribution in [0.2, 0.25) is 5.15 Å². The summed E-state index contributed by atoms with van der Waals surface area (Å²) >= 11 is 5.99. The van der Waals surface area contributed by atoms with Gasteiger partial charge in [-0.1, -0.05) is 66.2 Å². The summed E-state index contributed by atoms with van der Waals surface area (Å²) in [6.07, 6.45) is 1.36. The van der Waals surface area contributed by atoms with Gasteiger partial charge in [0.15, 0.2) is 0 Å². The smallest absolute Gasteiger partial charge is 0.261 e. The lowest BCUT2D eigenvalue weighted by Gasteiger charge is -2.11. The van der Waals surface area contributed by atoms with E-state index in [0.717, 1.165) is 16.7 Å². The van der Waals surface area contributed by atoms with Gasteiger partial charge in [-0.05, 0) is 16.7 Å². The number of hydrogen-bond donors (Lipinski definition) is 1. The number of aryl methyl sites for hydroxylation is 1. The molecule has 8 heteroatoms. The number of halogens is 1. The van der Waals surface area contributed by atoms with Gasteiger partial charge in [-0.2, -0.15) is 0 Å². The standard InChI is InChI=1S/C19H20ClN3O3S/c1-23-14-21-19(18(23)20)27(24,25)22-11-16-9-5-6-10-17(16)13-26-12-15-7-3-2-4-8-15/h2-10,14,22H,11-13H2,1H3. The third-order valence-electron chi connectivity index (χ3n) is 4.03. The highest BCUT2D eigenvalue weighted by atomic mass is 35.5. The number of imidazole rings is 1. The Morgan fingerprint density at radius 2 is 1.70 bits per heavy atom. The molecule has 142 valence electrons. The van der Waals surface area contributed by atoms with E-state index >= 15 is 0 Å². The number of hydrogen-bond acceptors (Lipinski definition) is 4. The zero-order valence-corrected chi connectivity index (χ0v) is 16.4. The first kappa shape index (κ1) is 19.6. The van der Waals surface area contributed by atoms with Crippen molar-refractivity contribution in [2.45, 2.75) is 24.8 Å². The predicted molar refractivity (Wildman–Crippen MR) is 104 cm³/mol. The Balaban J connectivity index is 1.64. The van der Waals surface area contributed by atoms with Gasteiger partial charge in [0.2, 0.25) is 5.03 Å². The quantitative estimate of drug-likeness (QED) is 0.624. The second-order valence-corrected chi connectivity index (χ2v) is 8.06. The largest absolute Gasteiger partial charge is 0.372 e. The predicted octanol–water partition coefficient (Wildman–Crippen LogP) is 3.27. The van der Waals surface area contributed by atoms with Crippen molar-refractivity contribution in [3.8, 4) is 0 Å². The average Bonchev–Trinajstić information content (AvgIpc) is 3.01. The Hall–Kier alpha value is -2.19. The molecule has 0 unspecified atom stereocenters. The van der Waals surface area contributed by atoms with Gasteiger partial charge in [0.25, 0.3) is 10.0 Å². The van der Waals surface area contributed by atoms with Crippen LogP contribution in [0.25, 0.3) is 0 Å². The molecule has 0 atom stereocenters. The number of nitrogens with zero attached hydrogens (tertiary/aromatic N) is 2. The maximum Gasteiger partial charge on any atom is 0.261 e. The topological polar surface area (TPSA) is 73.2 Å². The van der Waals surface area contributed by atoms with E-state index in [0.29, 0.717) is 13.2 Å². The van der Waals surface area contributed by atoms with E-state index in [1.165, 1.54) is 10.9 Å². The molecule has 0 radical (unpaired) electrons. The highest BCUT2D eigenvalue weighted by Crippen LogP contribution is 2.19. The summed E-state index contributed by atoms with van der Waals surface area (Å²) in [6.45, 7) is 1.00. The molecule has 0 saturated heterocycles. The molecule has 27 heavy (non-hydrogen) atoms. The molecule has 0 amide bonds. The van der Waals surface area contributed by atoms with Crippen LogP contribution < -0.4 is 4.72 Å². The van der Waals surface area contributed by atoms with Crippen LogP contribution in [-0.4, -0.2) is 18.0 Å². The molecule has 0 fully saturated rings. The number of ether oxygens (including phenoxy) is 1. The van der Waals surface area contributed by atoms with Gasteiger partial charge in [-0.3, -0.25) is 0 Å². The molecule has 0 aliphatic rings. The van der Waals surface area contributed by atoms with Crippen LogP contribution in [0.4, 0.5) is 0 Å². The van der Waals surface area contributed by atoms with Gasteiger partial charge in [0.05, 0.1) is 19.5 Å². The molecule has 2 aromatic carbocycles. The van der Waals surface area contributed by atoms with E-state index in [4.69, 9.17) is 16.3 Å². The fourth-order valence-electron chi connectivity index (χ4n) is 2.54. The number of aromatic nitrogens is 2. The van der Waals surface area contributed by atoms with Gasteiger partial charge >= 0.3 is 0 Å². The highest BCUT2D eigenvalue weighted by molar-refractivity contribution is 7.89. The molecule has 0 spiro atoms. The monoisotopic (exact) mass is 405 g/mol. The molecule has 0 aliphatic heterocycles. The summed E-state index contributed by atoms with van der Waals surface area (Å²) in [5, 5.41) is -0.105. The molecule has 1 heterocycles. The van der Waals surface area contributed by atoms with Gasteiger partial charge in [0, 0.05) is 13.6 Å². The third-order valence-corrected chi connectivity index (χ3v) is 5.92. The Kier molecular flexibility index (Phi) is 6.28. The summed E-state index contributed by atoms with van der Waals surface area (Å²) in [7, 11) is -2.17. The Labute approximate surface area is 163 Å². The SMILES string of the molecule is Cn1cnc(S(=O)(=O)NCc2ccccc2COCc2ccccc2)c1Cl. The van der Waals surface area contributed by atoms with Crippen molar-refractivity contribution in [2.24, 2.45) is 7.05 Å². The van der Waals surface area contributed by atoms with Crippen LogP contribution in [0.5, 0.6) is 0 Å². The van der Waals surface area contributed by atoms with Crippen LogP contribution in [0.1, 0.15) is 16.7 Å². The van der Waals surface area contributed by atoms with E-state index in [1.54, 1.807) is 7.05 Å². The van der Waals surface area contributed by atoms with Gasteiger partial charge in [-0.25, -0.2) is 18.1 Å². The molecule has 0 aliphatic carbocycles.